The number of rotatable bonds is 8. The summed E-state index contributed by atoms with van der Waals surface area (Å²) in [5, 5.41) is 12.0. The fourth-order valence-electron chi connectivity index (χ4n) is 2.29. The number of aromatic nitrogens is 4. The molecule has 2 heterocycles. The van der Waals surface area contributed by atoms with Gasteiger partial charge in [0.05, 0.1) is 24.7 Å². The van der Waals surface area contributed by atoms with E-state index in [4.69, 9.17) is 0 Å². The first kappa shape index (κ1) is 20.9. The first-order valence-electron chi connectivity index (χ1n) is 8.93. The molecule has 0 radical (unpaired) electrons. The molecular weight excluding hydrogens is 368 g/mol. The Labute approximate surface area is 162 Å². The maximum atomic E-state index is 11.6. The zero-order valence-electron chi connectivity index (χ0n) is 16.3. The van der Waals surface area contributed by atoms with Crippen molar-refractivity contribution in [3.8, 4) is 0 Å². The summed E-state index contributed by atoms with van der Waals surface area (Å²) in [6.07, 6.45) is 1.71. The number of hydrogen-bond donors (Lipinski definition) is 2. The van der Waals surface area contributed by atoms with Gasteiger partial charge < -0.3 is 15.4 Å². The third-order valence-corrected chi connectivity index (χ3v) is 4.18. The monoisotopic (exact) mass is 394 g/mol. The van der Waals surface area contributed by atoms with E-state index < -0.39 is 11.9 Å². The van der Waals surface area contributed by atoms with Crippen LogP contribution in [-0.4, -0.2) is 56.1 Å². The summed E-state index contributed by atoms with van der Waals surface area (Å²) >= 11 is 1.57. The molecule has 148 valence electrons. The Morgan fingerprint density at radius 1 is 1.26 bits per heavy atom. The SMILES string of the molecule is CCOC(=O)C(=O)NCCn1ncc2c(NC(C)C)nc(SC(C)C)nc21. The summed E-state index contributed by atoms with van der Waals surface area (Å²) in [5.74, 6) is -0.912. The van der Waals surface area contributed by atoms with Gasteiger partial charge in [-0.15, -0.1) is 0 Å². The molecule has 2 rings (SSSR count). The molecule has 2 N–H and O–H groups in total. The maximum absolute atomic E-state index is 11.6. The van der Waals surface area contributed by atoms with Crippen LogP contribution in [0.3, 0.4) is 0 Å². The lowest BCUT2D eigenvalue weighted by Crippen LogP contribution is -2.34. The van der Waals surface area contributed by atoms with Gasteiger partial charge in [0.1, 0.15) is 5.82 Å². The number of carbonyl (C=O) groups excluding carboxylic acids is 2. The number of ether oxygens (including phenoxy) is 1. The third-order valence-electron chi connectivity index (χ3n) is 3.31. The lowest BCUT2D eigenvalue weighted by atomic mass is 10.3. The molecule has 0 saturated carbocycles. The normalized spacial score (nSPS) is 11.2. The second-order valence-electron chi connectivity index (χ2n) is 6.40. The molecule has 0 aliphatic carbocycles. The average Bonchev–Trinajstić information content (AvgIpc) is 2.97. The van der Waals surface area contributed by atoms with E-state index in [0.29, 0.717) is 22.6 Å². The molecule has 0 fully saturated rings. The van der Waals surface area contributed by atoms with E-state index in [1.165, 1.54) is 0 Å². The molecule has 0 aliphatic rings. The zero-order chi connectivity index (χ0) is 20.0. The van der Waals surface area contributed by atoms with E-state index in [-0.39, 0.29) is 19.2 Å². The highest BCUT2D eigenvalue weighted by Crippen LogP contribution is 2.26. The number of nitrogens with zero attached hydrogens (tertiary/aromatic N) is 4. The van der Waals surface area contributed by atoms with Gasteiger partial charge in [-0.3, -0.25) is 4.79 Å². The summed E-state index contributed by atoms with van der Waals surface area (Å²) in [6, 6.07) is 0.215. The van der Waals surface area contributed by atoms with E-state index in [2.05, 4.69) is 44.3 Å². The molecule has 0 bridgehead atoms. The van der Waals surface area contributed by atoms with Crippen molar-refractivity contribution in [3.63, 3.8) is 0 Å². The van der Waals surface area contributed by atoms with Gasteiger partial charge in [-0.2, -0.15) is 5.10 Å². The predicted molar refractivity (Wildman–Crippen MR) is 105 cm³/mol. The highest BCUT2D eigenvalue weighted by molar-refractivity contribution is 7.99. The summed E-state index contributed by atoms with van der Waals surface area (Å²) < 4.78 is 6.35. The number of fused-ring (bicyclic) bond motifs is 1. The molecule has 0 saturated heterocycles. The van der Waals surface area contributed by atoms with Gasteiger partial charge in [0.15, 0.2) is 10.8 Å². The van der Waals surface area contributed by atoms with Gasteiger partial charge in [0.25, 0.3) is 0 Å². The van der Waals surface area contributed by atoms with Crippen LogP contribution in [-0.2, 0) is 20.9 Å². The van der Waals surface area contributed by atoms with Crippen LogP contribution >= 0.6 is 11.8 Å². The van der Waals surface area contributed by atoms with Crippen molar-refractivity contribution in [2.75, 3.05) is 18.5 Å². The lowest BCUT2D eigenvalue weighted by Gasteiger charge is -2.12. The summed E-state index contributed by atoms with van der Waals surface area (Å²) in [5.41, 5.74) is 0.682. The van der Waals surface area contributed by atoms with E-state index in [1.54, 1.807) is 29.6 Å². The first-order valence-corrected chi connectivity index (χ1v) is 9.81. The Bertz CT molecular complexity index is 805. The molecule has 0 unspecified atom stereocenters. The minimum Gasteiger partial charge on any atom is -0.459 e. The summed E-state index contributed by atoms with van der Waals surface area (Å²) in [4.78, 5) is 32.2. The molecule has 10 heteroatoms. The van der Waals surface area contributed by atoms with E-state index >= 15 is 0 Å². The smallest absolute Gasteiger partial charge is 0.396 e. The molecule has 0 atom stereocenters. The minimum atomic E-state index is -0.885. The summed E-state index contributed by atoms with van der Waals surface area (Å²) in [6.45, 7) is 10.7. The molecule has 2 aromatic rings. The number of thioether (sulfide) groups is 1. The maximum Gasteiger partial charge on any atom is 0.396 e. The van der Waals surface area contributed by atoms with Crippen molar-refractivity contribution in [3.05, 3.63) is 6.20 Å². The molecule has 0 spiro atoms. The van der Waals surface area contributed by atoms with E-state index in [1.807, 2.05) is 13.8 Å². The quantitative estimate of drug-likeness (QED) is 0.302. The van der Waals surface area contributed by atoms with E-state index in [0.717, 1.165) is 11.2 Å². The second kappa shape index (κ2) is 9.54. The van der Waals surface area contributed by atoms with E-state index in [9.17, 15) is 9.59 Å². The Kier molecular flexibility index (Phi) is 7.40. The Hall–Kier alpha value is -2.36. The van der Waals surface area contributed by atoms with Gasteiger partial charge in [0, 0.05) is 17.8 Å². The third kappa shape index (κ3) is 5.81. The predicted octanol–water partition coefficient (Wildman–Crippen LogP) is 1.83. The van der Waals surface area contributed by atoms with Gasteiger partial charge in [0.2, 0.25) is 0 Å². The number of hydrogen-bond acceptors (Lipinski definition) is 8. The number of anilines is 1. The summed E-state index contributed by atoms with van der Waals surface area (Å²) in [7, 11) is 0. The van der Waals surface area contributed by atoms with Crippen LogP contribution in [0.5, 0.6) is 0 Å². The Morgan fingerprint density at radius 3 is 2.63 bits per heavy atom. The molecule has 1 amide bonds. The van der Waals surface area contributed by atoms with Crippen molar-refractivity contribution < 1.29 is 14.3 Å². The average molecular weight is 395 g/mol. The molecule has 0 aromatic carbocycles. The molecule has 0 aliphatic heterocycles. The van der Waals surface area contributed by atoms with Crippen LogP contribution in [0.2, 0.25) is 0 Å². The number of amides is 1. The number of esters is 1. The highest BCUT2D eigenvalue weighted by Gasteiger charge is 2.16. The van der Waals surface area contributed by atoms with Crippen LogP contribution in [0.1, 0.15) is 34.6 Å². The second-order valence-corrected chi connectivity index (χ2v) is 7.95. The molecular formula is C17H26N6O3S. The van der Waals surface area contributed by atoms with Crippen molar-refractivity contribution in [1.82, 2.24) is 25.1 Å². The molecule has 9 nitrogen and oxygen atoms in total. The fourth-order valence-corrected chi connectivity index (χ4v) is 2.99. The zero-order valence-corrected chi connectivity index (χ0v) is 17.1. The van der Waals surface area contributed by atoms with Crippen LogP contribution in [0.25, 0.3) is 11.0 Å². The Balaban J connectivity index is 2.19. The van der Waals surface area contributed by atoms with Gasteiger partial charge in [-0.25, -0.2) is 19.4 Å². The number of nitrogens with one attached hydrogen (secondary N) is 2. The lowest BCUT2D eigenvalue weighted by molar-refractivity contribution is -0.154. The standard InChI is InChI=1S/C17H26N6O3S/c1-6-26-16(25)15(24)18-7-8-23-14-12(9-19-23)13(20-10(2)3)21-17(22-14)27-11(4)5/h9-11H,6-8H2,1-5H3,(H,18,24)(H,20,21,22). The largest absolute Gasteiger partial charge is 0.459 e. The molecule has 27 heavy (non-hydrogen) atoms. The van der Waals surface area contributed by atoms with Crippen molar-refractivity contribution in [2.24, 2.45) is 0 Å². The van der Waals surface area contributed by atoms with Crippen molar-refractivity contribution >= 4 is 40.5 Å². The first-order chi connectivity index (χ1) is 12.8. The van der Waals surface area contributed by atoms with Crippen molar-refractivity contribution in [2.45, 2.75) is 57.6 Å². The Morgan fingerprint density at radius 2 is 2.00 bits per heavy atom. The van der Waals surface area contributed by atoms with Crippen LogP contribution in [0.15, 0.2) is 11.4 Å². The van der Waals surface area contributed by atoms with Crippen molar-refractivity contribution in [1.29, 1.82) is 0 Å². The minimum absolute atomic E-state index is 0.162. The topological polar surface area (TPSA) is 111 Å². The van der Waals surface area contributed by atoms with Crippen LogP contribution < -0.4 is 10.6 Å². The highest BCUT2D eigenvalue weighted by atomic mass is 32.2. The fraction of sp³-hybridized carbons (Fsp3) is 0.588. The van der Waals surface area contributed by atoms with Gasteiger partial charge in [-0.05, 0) is 20.8 Å². The number of carbonyl (C=O) groups is 2. The van der Waals surface area contributed by atoms with Crippen LogP contribution in [0, 0.1) is 0 Å². The van der Waals surface area contributed by atoms with Gasteiger partial charge in [-0.1, -0.05) is 25.6 Å². The van der Waals surface area contributed by atoms with Crippen LogP contribution in [0.4, 0.5) is 5.82 Å². The molecule has 2 aromatic heterocycles. The van der Waals surface area contributed by atoms with Gasteiger partial charge >= 0.3 is 11.9 Å².